The van der Waals surface area contributed by atoms with Crippen LogP contribution in [0.25, 0.3) is 0 Å². The zero-order valence-electron chi connectivity index (χ0n) is 17.6. The molecule has 2 heterocycles. The van der Waals surface area contributed by atoms with E-state index in [2.05, 4.69) is 21.8 Å². The van der Waals surface area contributed by atoms with Crippen molar-refractivity contribution in [2.45, 2.75) is 49.0 Å². The zero-order valence-corrected chi connectivity index (χ0v) is 18.5. The Bertz CT molecular complexity index is 876. The highest BCUT2D eigenvalue weighted by atomic mass is 32.2. The lowest BCUT2D eigenvalue weighted by atomic mass is 10.1. The highest BCUT2D eigenvalue weighted by Gasteiger charge is 2.33. The van der Waals surface area contributed by atoms with Gasteiger partial charge >= 0.3 is 6.18 Å². The van der Waals surface area contributed by atoms with Crippen molar-refractivity contribution in [3.05, 3.63) is 59.7 Å². The number of ether oxygens (including phenoxy) is 2. The second kappa shape index (κ2) is 10.4. The minimum atomic E-state index is -4.45. The topological polar surface area (TPSA) is 56.8 Å². The van der Waals surface area contributed by atoms with Gasteiger partial charge < -0.3 is 14.0 Å². The molecule has 0 radical (unpaired) electrons. The molecule has 1 N–H and O–H groups in total. The van der Waals surface area contributed by atoms with Gasteiger partial charge in [0.2, 0.25) is 0 Å². The van der Waals surface area contributed by atoms with Crippen molar-refractivity contribution in [2.75, 3.05) is 26.3 Å². The van der Waals surface area contributed by atoms with E-state index in [1.165, 1.54) is 12.1 Å². The van der Waals surface area contributed by atoms with Crippen LogP contribution in [0.1, 0.15) is 30.4 Å². The third-order valence-corrected chi connectivity index (χ3v) is 6.95. The fourth-order valence-corrected chi connectivity index (χ4v) is 5.06. The summed E-state index contributed by atoms with van der Waals surface area (Å²) >= 11 is -1.69. The first kappa shape index (κ1) is 23.4. The number of nitrogens with one attached hydrogen (secondary N) is 1. The highest BCUT2D eigenvalue weighted by Crippen LogP contribution is 2.30. The average Bonchev–Trinajstić information content (AvgIpc) is 3.22. The Morgan fingerprint density at radius 1 is 1.09 bits per heavy atom. The number of hydrogen-bond acceptors (Lipinski definition) is 5. The smallest absolute Gasteiger partial charge is 0.416 e. The van der Waals surface area contributed by atoms with Crippen molar-refractivity contribution >= 4 is 11.4 Å². The monoisotopic (exact) mass is 468 g/mol. The van der Waals surface area contributed by atoms with Crippen LogP contribution in [-0.2, 0) is 28.8 Å². The Labute approximate surface area is 189 Å². The average molecular weight is 469 g/mol. The lowest BCUT2D eigenvalue weighted by molar-refractivity contribution is -0.137. The normalized spacial score (nSPS) is 21.6. The van der Waals surface area contributed by atoms with E-state index in [0.717, 1.165) is 69.0 Å². The van der Waals surface area contributed by atoms with Crippen LogP contribution in [0.2, 0.25) is 0 Å². The second-order valence-corrected chi connectivity index (χ2v) is 9.45. The Morgan fingerprint density at radius 2 is 1.84 bits per heavy atom. The molecule has 174 valence electrons. The molecule has 5 nitrogen and oxygen atoms in total. The van der Waals surface area contributed by atoms with Gasteiger partial charge in [-0.1, -0.05) is 18.2 Å². The van der Waals surface area contributed by atoms with Crippen molar-refractivity contribution in [1.82, 2.24) is 9.62 Å². The molecule has 0 bridgehead atoms. The second-order valence-electron chi connectivity index (χ2n) is 8.21. The molecule has 2 aliphatic rings. The van der Waals surface area contributed by atoms with Crippen LogP contribution in [0, 0.1) is 0 Å². The molecule has 2 saturated heterocycles. The largest absolute Gasteiger partial charge is 0.593 e. The minimum absolute atomic E-state index is 0.0403. The van der Waals surface area contributed by atoms with E-state index < -0.39 is 23.1 Å². The van der Waals surface area contributed by atoms with Gasteiger partial charge in [0.1, 0.15) is 11.9 Å². The first-order chi connectivity index (χ1) is 15.4. The van der Waals surface area contributed by atoms with E-state index in [1.807, 2.05) is 12.1 Å². The molecule has 2 atom stereocenters. The van der Waals surface area contributed by atoms with E-state index >= 15 is 0 Å². The quantitative estimate of drug-likeness (QED) is 0.619. The van der Waals surface area contributed by atoms with Gasteiger partial charge in [-0.3, -0.25) is 4.90 Å². The van der Waals surface area contributed by atoms with Crippen LogP contribution in [0.4, 0.5) is 13.2 Å². The summed E-state index contributed by atoms with van der Waals surface area (Å²) in [5.41, 5.74) is 0.367. The van der Waals surface area contributed by atoms with Gasteiger partial charge in [-0.2, -0.15) is 13.2 Å². The summed E-state index contributed by atoms with van der Waals surface area (Å²) in [5.74, 6) is 0.859. The SMILES string of the molecule is [O-][S+](N[C@@H]1CCN(Cc2ccc(OC3CCOCC3)cc2)C1)c1cccc(C(F)(F)F)c1. The van der Waals surface area contributed by atoms with Gasteiger partial charge in [0, 0.05) is 38.5 Å². The maximum atomic E-state index is 12.9. The predicted octanol–water partition coefficient (Wildman–Crippen LogP) is 4.15. The standard InChI is InChI=1S/C23H27F3N2O3S/c24-23(25,26)18-2-1-3-22(14-18)32(29)27-19-8-11-28(16-19)15-17-4-6-20(7-5-17)31-21-9-12-30-13-10-21/h1-7,14,19,21,27H,8-13,15-16H2/t19-,32?/m1/s1. The maximum absolute atomic E-state index is 12.9. The van der Waals surface area contributed by atoms with Gasteiger partial charge in [0.05, 0.1) is 36.2 Å². The van der Waals surface area contributed by atoms with Crippen LogP contribution in [-0.4, -0.2) is 47.9 Å². The maximum Gasteiger partial charge on any atom is 0.416 e. The van der Waals surface area contributed by atoms with Crippen LogP contribution in [0.5, 0.6) is 5.75 Å². The molecule has 0 spiro atoms. The van der Waals surface area contributed by atoms with Crippen molar-refractivity contribution in [3.8, 4) is 5.75 Å². The predicted molar refractivity (Wildman–Crippen MR) is 116 cm³/mol. The summed E-state index contributed by atoms with van der Waals surface area (Å²) in [7, 11) is 0. The fraction of sp³-hybridized carbons (Fsp3) is 0.478. The third kappa shape index (κ3) is 6.39. The van der Waals surface area contributed by atoms with Crippen LogP contribution >= 0.6 is 0 Å². The lowest BCUT2D eigenvalue weighted by Gasteiger charge is -2.23. The molecule has 4 rings (SSSR count). The van der Waals surface area contributed by atoms with Crippen molar-refractivity contribution in [2.24, 2.45) is 0 Å². The Kier molecular flexibility index (Phi) is 7.63. The van der Waals surface area contributed by atoms with Gasteiger partial charge in [-0.05, 0) is 36.2 Å². The Balaban J connectivity index is 1.25. The first-order valence-electron chi connectivity index (χ1n) is 10.8. The third-order valence-electron chi connectivity index (χ3n) is 5.72. The minimum Gasteiger partial charge on any atom is -0.593 e. The summed E-state index contributed by atoms with van der Waals surface area (Å²) < 4.78 is 65.6. The number of rotatable bonds is 7. The summed E-state index contributed by atoms with van der Waals surface area (Å²) in [6.45, 7) is 3.76. The number of likely N-dealkylation sites (tertiary alicyclic amines) is 1. The summed E-state index contributed by atoms with van der Waals surface area (Å²) in [5, 5.41) is 0. The van der Waals surface area contributed by atoms with Gasteiger partial charge in [-0.15, -0.1) is 4.72 Å². The molecule has 9 heteroatoms. The van der Waals surface area contributed by atoms with Crippen LogP contribution in [0.15, 0.2) is 53.4 Å². The number of benzene rings is 2. The van der Waals surface area contributed by atoms with E-state index in [-0.39, 0.29) is 17.0 Å². The van der Waals surface area contributed by atoms with Crippen LogP contribution in [0.3, 0.4) is 0 Å². The van der Waals surface area contributed by atoms with Gasteiger partial charge in [0.25, 0.3) is 0 Å². The van der Waals surface area contributed by atoms with Gasteiger partial charge in [-0.25, -0.2) is 0 Å². The molecule has 32 heavy (non-hydrogen) atoms. The highest BCUT2D eigenvalue weighted by molar-refractivity contribution is 7.89. The van der Waals surface area contributed by atoms with Crippen molar-refractivity contribution < 1.29 is 27.2 Å². The van der Waals surface area contributed by atoms with E-state index in [0.29, 0.717) is 6.54 Å². The summed E-state index contributed by atoms with van der Waals surface area (Å²) in [6.07, 6.45) is -1.64. The van der Waals surface area contributed by atoms with Gasteiger partial charge in [0.15, 0.2) is 4.90 Å². The molecular weight excluding hydrogens is 441 g/mol. The molecule has 2 aliphatic heterocycles. The van der Waals surface area contributed by atoms with Crippen molar-refractivity contribution in [3.63, 3.8) is 0 Å². The number of hydrogen-bond donors (Lipinski definition) is 1. The lowest BCUT2D eigenvalue weighted by Crippen LogP contribution is -2.37. The molecule has 2 fully saturated rings. The zero-order chi connectivity index (χ0) is 22.6. The molecule has 2 aromatic rings. The molecule has 0 saturated carbocycles. The summed E-state index contributed by atoms with van der Waals surface area (Å²) in [6, 6.07) is 12.7. The fourth-order valence-electron chi connectivity index (χ4n) is 4.00. The number of nitrogens with zero attached hydrogens (tertiary/aromatic N) is 1. The van der Waals surface area contributed by atoms with E-state index in [4.69, 9.17) is 9.47 Å². The first-order valence-corrected chi connectivity index (χ1v) is 11.9. The molecular formula is C23H27F3N2O3S. The van der Waals surface area contributed by atoms with E-state index in [9.17, 15) is 17.7 Å². The molecule has 0 aromatic heterocycles. The number of halogens is 3. The Morgan fingerprint density at radius 3 is 2.56 bits per heavy atom. The Hall–Kier alpha value is -1.78. The van der Waals surface area contributed by atoms with Crippen molar-refractivity contribution in [1.29, 1.82) is 0 Å². The molecule has 0 aliphatic carbocycles. The summed E-state index contributed by atoms with van der Waals surface area (Å²) in [4.78, 5) is 2.38. The van der Waals surface area contributed by atoms with E-state index in [1.54, 1.807) is 0 Å². The molecule has 0 amide bonds. The molecule has 2 aromatic carbocycles. The molecule has 1 unspecified atom stereocenters. The number of alkyl halides is 3. The van der Waals surface area contributed by atoms with Crippen LogP contribution < -0.4 is 9.46 Å².